The van der Waals surface area contributed by atoms with Gasteiger partial charge in [-0.05, 0) is 30.2 Å². The van der Waals surface area contributed by atoms with E-state index in [0.717, 1.165) is 16.5 Å². The number of nitrogens with two attached hydrogens (primary N) is 1. The smallest absolute Gasteiger partial charge is 0.235 e. The number of hydrogen-bond acceptors (Lipinski definition) is 2. The lowest BCUT2D eigenvalue weighted by atomic mass is 10.0. The van der Waals surface area contributed by atoms with Gasteiger partial charge in [-0.15, -0.1) is 11.6 Å². The summed E-state index contributed by atoms with van der Waals surface area (Å²) in [7, 11) is 0. The number of carbonyl (C=O) groups is 1. The Morgan fingerprint density at radius 3 is 2.88 bits per heavy atom. The molecule has 88 valence electrons. The number of pyridine rings is 1. The summed E-state index contributed by atoms with van der Waals surface area (Å²) < 4.78 is 0. The van der Waals surface area contributed by atoms with Crippen LogP contribution in [0.15, 0.2) is 30.5 Å². The normalized spacial score (nSPS) is 12.6. The molecule has 0 aliphatic rings. The number of carbonyl (C=O) groups excluding carboxylic acids is 1. The topological polar surface area (TPSA) is 56.0 Å². The first-order valence-electron chi connectivity index (χ1n) is 5.05. The molecule has 5 heteroatoms. The van der Waals surface area contributed by atoms with Crippen LogP contribution in [0.1, 0.15) is 5.56 Å². The fraction of sp³-hybridized carbons (Fsp3) is 0.167. The maximum Gasteiger partial charge on any atom is 0.235 e. The third kappa shape index (κ3) is 2.51. The zero-order valence-corrected chi connectivity index (χ0v) is 10.4. The standard InChI is InChI=1S/C12H10Cl2N2O/c13-9-4-3-7(6-10(14)12(15)17)11-8(9)2-1-5-16-11/h1-5,10H,6H2,(H2,15,17). The Labute approximate surface area is 109 Å². The maximum absolute atomic E-state index is 11.0. The van der Waals surface area contributed by atoms with Crippen molar-refractivity contribution in [2.45, 2.75) is 11.8 Å². The number of fused-ring (bicyclic) bond motifs is 1. The van der Waals surface area contributed by atoms with Crippen LogP contribution in [-0.2, 0) is 11.2 Å². The number of rotatable bonds is 3. The van der Waals surface area contributed by atoms with Crippen LogP contribution >= 0.6 is 23.2 Å². The number of nitrogens with zero attached hydrogens (tertiary/aromatic N) is 1. The third-order valence-corrected chi connectivity index (χ3v) is 3.21. The predicted molar refractivity (Wildman–Crippen MR) is 69.3 cm³/mol. The predicted octanol–water partition coefficient (Wildman–Crippen LogP) is 2.52. The van der Waals surface area contributed by atoms with Gasteiger partial charge in [0.05, 0.1) is 5.52 Å². The van der Waals surface area contributed by atoms with E-state index in [-0.39, 0.29) is 0 Å². The fourth-order valence-electron chi connectivity index (χ4n) is 1.65. The van der Waals surface area contributed by atoms with Gasteiger partial charge in [0.25, 0.3) is 0 Å². The van der Waals surface area contributed by atoms with Crippen molar-refractivity contribution in [3.8, 4) is 0 Å². The highest BCUT2D eigenvalue weighted by Crippen LogP contribution is 2.26. The zero-order chi connectivity index (χ0) is 12.4. The molecule has 0 spiro atoms. The van der Waals surface area contributed by atoms with Gasteiger partial charge < -0.3 is 5.73 Å². The van der Waals surface area contributed by atoms with Crippen molar-refractivity contribution in [2.75, 3.05) is 0 Å². The van der Waals surface area contributed by atoms with Crippen molar-refractivity contribution >= 4 is 40.0 Å². The van der Waals surface area contributed by atoms with Gasteiger partial charge in [0.15, 0.2) is 0 Å². The fourth-order valence-corrected chi connectivity index (χ4v) is 2.04. The van der Waals surface area contributed by atoms with E-state index < -0.39 is 11.3 Å². The summed E-state index contributed by atoms with van der Waals surface area (Å²) in [5.41, 5.74) is 6.76. The third-order valence-electron chi connectivity index (χ3n) is 2.51. The van der Waals surface area contributed by atoms with Crippen LogP contribution in [0, 0.1) is 0 Å². The molecule has 0 aliphatic carbocycles. The van der Waals surface area contributed by atoms with E-state index in [4.69, 9.17) is 28.9 Å². The van der Waals surface area contributed by atoms with Crippen LogP contribution in [-0.4, -0.2) is 16.3 Å². The number of halogens is 2. The van der Waals surface area contributed by atoms with Crippen LogP contribution < -0.4 is 5.73 Å². The minimum atomic E-state index is -0.735. The molecular formula is C12H10Cl2N2O. The molecule has 1 atom stereocenters. The van der Waals surface area contributed by atoms with Crippen molar-refractivity contribution < 1.29 is 4.79 Å². The molecule has 1 amide bonds. The summed E-state index contributed by atoms with van der Waals surface area (Å²) in [6.07, 6.45) is 2.03. The van der Waals surface area contributed by atoms with Crippen molar-refractivity contribution in [1.82, 2.24) is 4.98 Å². The molecule has 0 aliphatic heterocycles. The van der Waals surface area contributed by atoms with Gasteiger partial charge in [-0.1, -0.05) is 17.7 Å². The van der Waals surface area contributed by atoms with E-state index in [1.165, 1.54) is 0 Å². The van der Waals surface area contributed by atoms with E-state index in [0.29, 0.717) is 11.4 Å². The van der Waals surface area contributed by atoms with E-state index in [1.807, 2.05) is 18.2 Å². The second kappa shape index (κ2) is 4.90. The Hall–Kier alpha value is -1.32. The summed E-state index contributed by atoms with van der Waals surface area (Å²) in [6, 6.07) is 7.27. The molecule has 2 aromatic rings. The largest absolute Gasteiger partial charge is 0.368 e. The average Bonchev–Trinajstić information content (AvgIpc) is 2.33. The second-order valence-corrected chi connectivity index (χ2v) is 4.61. The molecule has 1 heterocycles. The highest BCUT2D eigenvalue weighted by Gasteiger charge is 2.15. The summed E-state index contributed by atoms with van der Waals surface area (Å²) in [5, 5.41) is 0.739. The molecule has 0 radical (unpaired) electrons. The Morgan fingerprint density at radius 1 is 1.41 bits per heavy atom. The minimum Gasteiger partial charge on any atom is -0.368 e. The molecule has 1 aromatic carbocycles. The highest BCUT2D eigenvalue weighted by molar-refractivity contribution is 6.35. The van der Waals surface area contributed by atoms with Gasteiger partial charge >= 0.3 is 0 Å². The van der Waals surface area contributed by atoms with Gasteiger partial charge in [-0.25, -0.2) is 0 Å². The monoisotopic (exact) mass is 268 g/mol. The van der Waals surface area contributed by atoms with Crippen LogP contribution in [0.3, 0.4) is 0 Å². The van der Waals surface area contributed by atoms with E-state index in [9.17, 15) is 4.79 Å². The van der Waals surface area contributed by atoms with Crippen LogP contribution in [0.4, 0.5) is 0 Å². The molecule has 1 aromatic heterocycles. The molecule has 17 heavy (non-hydrogen) atoms. The summed E-state index contributed by atoms with van der Waals surface area (Å²) in [5.74, 6) is -0.536. The van der Waals surface area contributed by atoms with Crippen LogP contribution in [0.25, 0.3) is 10.9 Å². The number of aromatic nitrogens is 1. The first kappa shape index (κ1) is 12.1. The van der Waals surface area contributed by atoms with Crippen LogP contribution in [0.2, 0.25) is 5.02 Å². The quantitative estimate of drug-likeness (QED) is 0.870. The van der Waals surface area contributed by atoms with Gasteiger partial charge in [-0.2, -0.15) is 0 Å². The number of primary amides is 1. The Balaban J connectivity index is 2.48. The van der Waals surface area contributed by atoms with Gasteiger partial charge in [0, 0.05) is 16.6 Å². The lowest BCUT2D eigenvalue weighted by Crippen LogP contribution is -2.25. The summed E-state index contributed by atoms with van der Waals surface area (Å²) >= 11 is 11.9. The molecular weight excluding hydrogens is 259 g/mol. The van der Waals surface area contributed by atoms with Crippen molar-refractivity contribution in [3.63, 3.8) is 0 Å². The van der Waals surface area contributed by atoms with Crippen molar-refractivity contribution in [2.24, 2.45) is 5.73 Å². The summed E-state index contributed by atoms with van der Waals surface area (Å²) in [6.45, 7) is 0. The Bertz CT molecular complexity index is 571. The first-order chi connectivity index (χ1) is 8.09. The van der Waals surface area contributed by atoms with Crippen molar-refractivity contribution in [1.29, 1.82) is 0 Å². The zero-order valence-electron chi connectivity index (χ0n) is 8.86. The molecule has 0 saturated carbocycles. The Kier molecular flexibility index (Phi) is 3.50. The Morgan fingerprint density at radius 2 is 2.18 bits per heavy atom. The lowest BCUT2D eigenvalue weighted by molar-refractivity contribution is -0.117. The summed E-state index contributed by atoms with van der Waals surface area (Å²) in [4.78, 5) is 15.2. The van der Waals surface area contributed by atoms with Crippen LogP contribution in [0.5, 0.6) is 0 Å². The maximum atomic E-state index is 11.0. The molecule has 2 rings (SSSR count). The molecule has 3 nitrogen and oxygen atoms in total. The van der Waals surface area contributed by atoms with Gasteiger partial charge in [0.1, 0.15) is 5.38 Å². The highest BCUT2D eigenvalue weighted by atomic mass is 35.5. The molecule has 0 bridgehead atoms. The second-order valence-electron chi connectivity index (χ2n) is 3.68. The van der Waals surface area contributed by atoms with Gasteiger partial charge in [-0.3, -0.25) is 9.78 Å². The lowest BCUT2D eigenvalue weighted by Gasteiger charge is -2.09. The van der Waals surface area contributed by atoms with E-state index in [1.54, 1.807) is 12.3 Å². The molecule has 0 saturated heterocycles. The SMILES string of the molecule is NC(=O)C(Cl)Cc1ccc(Cl)c2cccnc12. The molecule has 2 N–H and O–H groups in total. The van der Waals surface area contributed by atoms with E-state index >= 15 is 0 Å². The number of amides is 1. The van der Waals surface area contributed by atoms with E-state index in [2.05, 4.69) is 4.98 Å². The molecule has 1 unspecified atom stereocenters. The number of hydrogen-bond donors (Lipinski definition) is 1. The average molecular weight is 269 g/mol. The minimum absolute atomic E-state index is 0.349. The molecule has 0 fully saturated rings. The van der Waals surface area contributed by atoms with Crippen molar-refractivity contribution in [3.05, 3.63) is 41.0 Å². The first-order valence-corrected chi connectivity index (χ1v) is 5.86. The number of benzene rings is 1. The number of alkyl halides is 1. The van der Waals surface area contributed by atoms with Gasteiger partial charge in [0.2, 0.25) is 5.91 Å².